The predicted octanol–water partition coefficient (Wildman–Crippen LogP) is 1.80. The Labute approximate surface area is 119 Å². The Morgan fingerprint density at radius 2 is 2.20 bits per heavy atom. The summed E-state index contributed by atoms with van der Waals surface area (Å²) >= 11 is 5.58. The van der Waals surface area contributed by atoms with Crippen LogP contribution in [0.5, 0.6) is 0 Å². The lowest BCUT2D eigenvalue weighted by Crippen LogP contribution is -2.15. The number of aromatic nitrogens is 2. The average molecular weight is 320 g/mol. The monoisotopic (exact) mass is 319 g/mol. The number of aliphatic hydroxyl groups is 1. The van der Waals surface area contributed by atoms with E-state index < -0.39 is 22.4 Å². The van der Waals surface area contributed by atoms with Gasteiger partial charge in [0.15, 0.2) is 0 Å². The molecule has 3 N–H and O–H groups in total. The van der Waals surface area contributed by atoms with Crippen molar-refractivity contribution >= 4 is 27.3 Å². The van der Waals surface area contributed by atoms with E-state index in [1.165, 1.54) is 6.07 Å². The van der Waals surface area contributed by atoms with Crippen LogP contribution < -0.4 is 4.72 Å². The number of hydrogen-bond acceptors (Lipinski definition) is 4. The van der Waals surface area contributed by atoms with Gasteiger partial charge in [-0.25, -0.2) is 4.39 Å². The highest BCUT2D eigenvalue weighted by atomic mass is 35.5. The molecular weight excluding hydrogens is 309 g/mol. The first kappa shape index (κ1) is 14.8. The topological polar surface area (TPSA) is 95.1 Å². The van der Waals surface area contributed by atoms with Crippen LogP contribution in [-0.2, 0) is 16.6 Å². The number of anilines is 1. The SMILES string of the molecule is Cc1[nH]nc(S(=O)(=O)Nc2ccc(F)c(Cl)c2)c1CO. The Hall–Kier alpha value is -1.64. The second-order valence-electron chi connectivity index (χ2n) is 4.02. The Kier molecular flexibility index (Phi) is 3.98. The number of aromatic amines is 1. The summed E-state index contributed by atoms with van der Waals surface area (Å²) in [6, 6.07) is 3.42. The van der Waals surface area contributed by atoms with Crippen LogP contribution in [0.2, 0.25) is 5.02 Å². The molecule has 0 radical (unpaired) electrons. The molecule has 20 heavy (non-hydrogen) atoms. The number of H-pyrrole nitrogens is 1. The molecule has 1 aromatic heterocycles. The lowest BCUT2D eigenvalue weighted by atomic mass is 10.3. The van der Waals surface area contributed by atoms with E-state index in [1.54, 1.807) is 6.92 Å². The lowest BCUT2D eigenvalue weighted by molar-refractivity contribution is 0.277. The molecule has 6 nitrogen and oxygen atoms in total. The Morgan fingerprint density at radius 3 is 2.80 bits per heavy atom. The minimum absolute atomic E-state index is 0.0981. The zero-order chi connectivity index (χ0) is 14.9. The highest BCUT2D eigenvalue weighted by Gasteiger charge is 2.23. The van der Waals surface area contributed by atoms with Crippen molar-refractivity contribution < 1.29 is 17.9 Å². The van der Waals surface area contributed by atoms with E-state index in [2.05, 4.69) is 14.9 Å². The van der Waals surface area contributed by atoms with Gasteiger partial charge < -0.3 is 5.11 Å². The highest BCUT2D eigenvalue weighted by Crippen LogP contribution is 2.23. The van der Waals surface area contributed by atoms with Crippen molar-refractivity contribution in [3.8, 4) is 0 Å². The predicted molar refractivity (Wildman–Crippen MR) is 71.5 cm³/mol. The largest absolute Gasteiger partial charge is 0.392 e. The molecule has 0 atom stereocenters. The second-order valence-corrected chi connectivity index (χ2v) is 6.03. The van der Waals surface area contributed by atoms with Gasteiger partial charge in [0, 0.05) is 11.3 Å². The Morgan fingerprint density at radius 1 is 1.50 bits per heavy atom. The van der Waals surface area contributed by atoms with Crippen LogP contribution in [0.15, 0.2) is 23.2 Å². The summed E-state index contributed by atoms with van der Waals surface area (Å²) in [5.74, 6) is -0.652. The van der Waals surface area contributed by atoms with Gasteiger partial charge in [-0.15, -0.1) is 0 Å². The summed E-state index contributed by atoms with van der Waals surface area (Å²) in [4.78, 5) is 0. The van der Waals surface area contributed by atoms with E-state index in [4.69, 9.17) is 11.6 Å². The fourth-order valence-corrected chi connectivity index (χ4v) is 3.02. The molecule has 0 saturated carbocycles. The Bertz CT molecular complexity index is 745. The van der Waals surface area contributed by atoms with E-state index in [0.717, 1.165) is 12.1 Å². The molecule has 9 heteroatoms. The molecule has 0 saturated heterocycles. The summed E-state index contributed by atoms with van der Waals surface area (Å²) in [6.07, 6.45) is 0. The number of halogens is 2. The third-order valence-corrected chi connectivity index (χ3v) is 4.26. The van der Waals surface area contributed by atoms with Gasteiger partial charge >= 0.3 is 0 Å². The maximum absolute atomic E-state index is 13.0. The molecule has 0 aliphatic rings. The normalized spacial score (nSPS) is 11.6. The number of aliphatic hydroxyl groups excluding tert-OH is 1. The van der Waals surface area contributed by atoms with Crippen molar-refractivity contribution in [1.82, 2.24) is 10.2 Å². The first-order valence-electron chi connectivity index (χ1n) is 5.47. The molecule has 0 bridgehead atoms. The average Bonchev–Trinajstić information content (AvgIpc) is 2.75. The molecule has 0 fully saturated rings. The molecule has 0 unspecified atom stereocenters. The number of nitrogens with zero attached hydrogens (tertiary/aromatic N) is 1. The first-order valence-corrected chi connectivity index (χ1v) is 7.34. The summed E-state index contributed by atoms with van der Waals surface area (Å²) in [6.45, 7) is 1.12. The van der Waals surface area contributed by atoms with Crippen LogP contribution in [-0.4, -0.2) is 23.7 Å². The standard InChI is InChI=1S/C11H11ClFN3O3S/c1-6-8(5-17)11(15-14-6)20(18,19)16-7-2-3-10(13)9(12)4-7/h2-4,16-17H,5H2,1H3,(H,14,15). The number of aryl methyl sites for hydroxylation is 1. The molecule has 0 aliphatic heterocycles. The van der Waals surface area contributed by atoms with Crippen molar-refractivity contribution in [1.29, 1.82) is 0 Å². The van der Waals surface area contributed by atoms with Crippen molar-refractivity contribution in [2.24, 2.45) is 0 Å². The van der Waals surface area contributed by atoms with Gasteiger partial charge in [0.05, 0.1) is 17.3 Å². The summed E-state index contributed by atoms with van der Waals surface area (Å²) < 4.78 is 39.5. The van der Waals surface area contributed by atoms with E-state index in [0.29, 0.717) is 5.69 Å². The Balaban J connectivity index is 2.38. The molecule has 0 spiro atoms. The van der Waals surface area contributed by atoms with Crippen LogP contribution in [0.25, 0.3) is 0 Å². The number of hydrogen-bond donors (Lipinski definition) is 3. The van der Waals surface area contributed by atoms with E-state index >= 15 is 0 Å². The van der Waals surface area contributed by atoms with Gasteiger partial charge in [-0.2, -0.15) is 13.5 Å². The summed E-state index contributed by atoms with van der Waals surface area (Å²) in [5, 5.41) is 14.8. The molecule has 0 aliphatic carbocycles. The van der Waals surface area contributed by atoms with Crippen molar-refractivity contribution in [3.63, 3.8) is 0 Å². The van der Waals surface area contributed by atoms with Gasteiger partial charge in [-0.05, 0) is 25.1 Å². The molecule has 1 aromatic carbocycles. The van der Waals surface area contributed by atoms with Crippen molar-refractivity contribution in [2.45, 2.75) is 18.6 Å². The maximum atomic E-state index is 13.0. The number of sulfonamides is 1. The highest BCUT2D eigenvalue weighted by molar-refractivity contribution is 7.92. The third kappa shape index (κ3) is 2.77. The van der Waals surface area contributed by atoms with Crippen molar-refractivity contribution in [3.05, 3.63) is 40.3 Å². The number of rotatable bonds is 4. The zero-order valence-electron chi connectivity index (χ0n) is 10.3. The van der Waals surface area contributed by atoms with Gasteiger partial charge in [-0.1, -0.05) is 11.6 Å². The second kappa shape index (κ2) is 5.39. The fourth-order valence-electron chi connectivity index (χ4n) is 1.60. The smallest absolute Gasteiger partial charge is 0.281 e. The fraction of sp³-hybridized carbons (Fsp3) is 0.182. The van der Waals surface area contributed by atoms with E-state index in [-0.39, 0.29) is 21.3 Å². The molecule has 0 amide bonds. The number of benzene rings is 1. The first-order chi connectivity index (χ1) is 9.35. The minimum Gasteiger partial charge on any atom is -0.392 e. The molecule has 2 aromatic rings. The van der Waals surface area contributed by atoms with Crippen LogP contribution in [0, 0.1) is 12.7 Å². The van der Waals surface area contributed by atoms with Crippen LogP contribution >= 0.6 is 11.6 Å². The quantitative estimate of drug-likeness (QED) is 0.801. The molecular formula is C11H11ClFN3O3S. The summed E-state index contributed by atoms with van der Waals surface area (Å²) in [5.41, 5.74) is 0.719. The van der Waals surface area contributed by atoms with Gasteiger partial charge in [0.25, 0.3) is 10.0 Å². The number of nitrogens with one attached hydrogen (secondary N) is 2. The summed E-state index contributed by atoms with van der Waals surface area (Å²) in [7, 11) is -4.00. The van der Waals surface area contributed by atoms with E-state index in [1.807, 2.05) is 0 Å². The zero-order valence-corrected chi connectivity index (χ0v) is 11.9. The molecule has 1 heterocycles. The minimum atomic E-state index is -4.00. The molecule has 108 valence electrons. The maximum Gasteiger partial charge on any atom is 0.281 e. The third-order valence-electron chi connectivity index (χ3n) is 2.62. The van der Waals surface area contributed by atoms with Crippen LogP contribution in [0.1, 0.15) is 11.3 Å². The van der Waals surface area contributed by atoms with Crippen LogP contribution in [0.4, 0.5) is 10.1 Å². The van der Waals surface area contributed by atoms with E-state index in [9.17, 15) is 17.9 Å². The van der Waals surface area contributed by atoms with Gasteiger partial charge in [0.2, 0.25) is 5.03 Å². The van der Waals surface area contributed by atoms with Gasteiger partial charge in [-0.3, -0.25) is 9.82 Å². The van der Waals surface area contributed by atoms with Crippen LogP contribution in [0.3, 0.4) is 0 Å². The van der Waals surface area contributed by atoms with Gasteiger partial charge in [0.1, 0.15) is 5.82 Å². The molecule has 2 rings (SSSR count). The van der Waals surface area contributed by atoms with Crippen molar-refractivity contribution in [2.75, 3.05) is 4.72 Å². The lowest BCUT2D eigenvalue weighted by Gasteiger charge is -2.07.